The number of anilines is 2. The van der Waals surface area contributed by atoms with E-state index in [0.717, 1.165) is 23.9 Å². The molecule has 1 atom stereocenters. The second kappa shape index (κ2) is 11.2. The van der Waals surface area contributed by atoms with Crippen molar-refractivity contribution in [3.8, 4) is 6.07 Å². The largest absolute Gasteiger partial charge is 0.466 e. The third-order valence-electron chi connectivity index (χ3n) is 7.24. The van der Waals surface area contributed by atoms with Crippen molar-refractivity contribution < 1.29 is 26.9 Å². The van der Waals surface area contributed by atoms with E-state index in [0.29, 0.717) is 21.7 Å². The molecule has 0 N–H and O–H groups in total. The SMILES string of the molecule is COC(=O)C1=C(C)N(c2cccc(C(F)(F)F)c2)c2nn(Cc3ccc([SH](C)(C)=O)cn3)c(=O)n2C1c1ccc(C#N)cc1. The summed E-state index contributed by atoms with van der Waals surface area (Å²) < 4.78 is 61.0. The number of carbonyl (C=O) groups excluding carboxylic acids is 1. The fourth-order valence-corrected chi connectivity index (χ4v) is 5.79. The molecule has 14 heteroatoms. The first-order chi connectivity index (χ1) is 20.7. The van der Waals surface area contributed by atoms with Crippen LogP contribution in [0.25, 0.3) is 0 Å². The molecule has 4 aromatic rings. The van der Waals surface area contributed by atoms with Crippen LogP contribution in [0.2, 0.25) is 0 Å². The normalized spacial score (nSPS) is 15.5. The Morgan fingerprint density at radius 1 is 1.11 bits per heavy atom. The van der Waals surface area contributed by atoms with Crippen LogP contribution in [-0.2, 0) is 32.2 Å². The van der Waals surface area contributed by atoms with Crippen molar-refractivity contribution in [1.82, 2.24) is 19.3 Å². The van der Waals surface area contributed by atoms with E-state index >= 15 is 0 Å². The van der Waals surface area contributed by atoms with Crippen molar-refractivity contribution in [3.63, 3.8) is 0 Å². The molecule has 0 radical (unpaired) electrons. The summed E-state index contributed by atoms with van der Waals surface area (Å²) in [7, 11) is -1.41. The lowest BCUT2D eigenvalue weighted by Gasteiger charge is -2.35. The van der Waals surface area contributed by atoms with E-state index in [4.69, 9.17) is 4.74 Å². The number of esters is 1. The number of aromatic nitrogens is 4. The number of hydrogen-bond acceptors (Lipinski definition) is 8. The summed E-state index contributed by atoms with van der Waals surface area (Å²) in [6.45, 7) is 1.41. The molecule has 0 aliphatic carbocycles. The van der Waals surface area contributed by atoms with Gasteiger partial charge in [0.2, 0.25) is 5.95 Å². The van der Waals surface area contributed by atoms with Crippen molar-refractivity contribution in [2.24, 2.45) is 0 Å². The zero-order valence-electron chi connectivity index (χ0n) is 24.0. The maximum Gasteiger partial charge on any atom is 0.416 e. The molecule has 0 fully saturated rings. The van der Waals surface area contributed by atoms with Gasteiger partial charge in [-0.15, -0.1) is 5.10 Å². The third-order valence-corrected chi connectivity index (χ3v) is 8.75. The molecule has 0 spiro atoms. The number of halogens is 3. The van der Waals surface area contributed by atoms with Crippen molar-refractivity contribution >= 4 is 27.5 Å². The predicted molar refractivity (Wildman–Crippen MR) is 157 cm³/mol. The number of pyridine rings is 1. The number of alkyl halides is 3. The van der Waals surface area contributed by atoms with Crippen LogP contribution < -0.4 is 10.6 Å². The zero-order chi connectivity index (χ0) is 32.0. The van der Waals surface area contributed by atoms with Crippen LogP contribution in [-0.4, -0.2) is 49.1 Å². The van der Waals surface area contributed by atoms with E-state index in [1.807, 2.05) is 6.07 Å². The highest BCUT2D eigenvalue weighted by atomic mass is 32.2. The van der Waals surface area contributed by atoms with E-state index in [2.05, 4.69) is 10.1 Å². The highest BCUT2D eigenvalue weighted by Gasteiger charge is 2.41. The minimum Gasteiger partial charge on any atom is -0.466 e. The quantitative estimate of drug-likeness (QED) is 0.250. The van der Waals surface area contributed by atoms with Crippen LogP contribution >= 0.6 is 0 Å². The smallest absolute Gasteiger partial charge is 0.416 e. The van der Waals surface area contributed by atoms with Crippen LogP contribution in [0.15, 0.2) is 87.8 Å². The summed E-state index contributed by atoms with van der Waals surface area (Å²) in [5.41, 5.74) is -0.206. The van der Waals surface area contributed by atoms with Crippen molar-refractivity contribution in [2.75, 3.05) is 24.5 Å². The van der Waals surface area contributed by atoms with Gasteiger partial charge in [0.1, 0.15) is 6.04 Å². The number of hydrogen-bond donors (Lipinski definition) is 1. The molecule has 3 heterocycles. The number of carbonyl (C=O) groups is 1. The van der Waals surface area contributed by atoms with E-state index in [1.54, 1.807) is 36.8 Å². The lowest BCUT2D eigenvalue weighted by molar-refractivity contribution is -0.138. The lowest BCUT2D eigenvalue weighted by atomic mass is 9.93. The Morgan fingerprint density at radius 3 is 2.39 bits per heavy atom. The van der Waals surface area contributed by atoms with Gasteiger partial charge in [-0.25, -0.2) is 18.8 Å². The van der Waals surface area contributed by atoms with Crippen LogP contribution in [0.3, 0.4) is 0 Å². The maximum atomic E-state index is 14.1. The molecule has 2 aromatic carbocycles. The number of methoxy groups -OCH3 is 1. The number of allylic oxidation sites excluding steroid dienone is 1. The second-order valence-corrected chi connectivity index (χ2v) is 13.7. The zero-order valence-corrected chi connectivity index (χ0v) is 24.9. The van der Waals surface area contributed by atoms with Gasteiger partial charge in [-0.3, -0.25) is 14.1 Å². The van der Waals surface area contributed by atoms with Crippen molar-refractivity contribution in [2.45, 2.75) is 30.6 Å². The molecule has 44 heavy (non-hydrogen) atoms. The predicted octanol–water partition coefficient (Wildman–Crippen LogP) is 4.20. The summed E-state index contributed by atoms with van der Waals surface area (Å²) in [6, 6.07) is 14.9. The summed E-state index contributed by atoms with van der Waals surface area (Å²) in [5.74, 6) is -0.850. The molecular formula is C30H27F3N6O4S. The van der Waals surface area contributed by atoms with E-state index in [1.165, 1.54) is 46.9 Å². The maximum absolute atomic E-state index is 14.1. The number of nitriles is 1. The van der Waals surface area contributed by atoms with E-state index in [9.17, 15) is 32.2 Å². The number of ether oxygens (including phenoxy) is 1. The molecule has 1 unspecified atom stereocenters. The van der Waals surface area contributed by atoms with Crippen LogP contribution in [0.4, 0.5) is 24.8 Å². The Bertz CT molecular complexity index is 1930. The number of benzene rings is 2. The molecule has 1 aliphatic rings. The summed E-state index contributed by atoms with van der Waals surface area (Å²) in [5, 5.41) is 13.8. The standard InChI is InChI=1S/C30H27F3N6O4S/c1-18-25(27(40)43-2)26(20-10-8-19(15-34)9-11-20)39-28(38(18)23-7-5-6-21(14-23)30(31,32)33)36-37(29(39)41)17-22-12-13-24(16-35-22)44(3,4)42/h5-14,16,26,44H,17H2,1-4H3. The molecule has 0 saturated carbocycles. The van der Waals surface area contributed by atoms with Crippen molar-refractivity contribution in [3.05, 3.63) is 111 Å². The van der Waals surface area contributed by atoms with Gasteiger partial charge in [-0.05, 0) is 67.5 Å². The molecule has 0 bridgehead atoms. The first-order valence-corrected chi connectivity index (χ1v) is 15.8. The number of nitrogens with zero attached hydrogens (tertiary/aromatic N) is 6. The van der Waals surface area contributed by atoms with E-state index in [-0.39, 0.29) is 29.5 Å². The average molecular weight is 625 g/mol. The van der Waals surface area contributed by atoms with Crippen molar-refractivity contribution in [1.29, 1.82) is 5.26 Å². The minimum absolute atomic E-state index is 0.00658. The molecule has 0 saturated heterocycles. The molecule has 0 amide bonds. The van der Waals surface area contributed by atoms with Gasteiger partial charge >= 0.3 is 17.8 Å². The van der Waals surface area contributed by atoms with Gasteiger partial charge in [-0.2, -0.15) is 18.4 Å². The van der Waals surface area contributed by atoms with Gasteiger partial charge in [0.05, 0.1) is 42.1 Å². The van der Waals surface area contributed by atoms with Crippen LogP contribution in [0.1, 0.15) is 35.3 Å². The summed E-state index contributed by atoms with van der Waals surface area (Å²) >= 11 is 0. The number of rotatable bonds is 6. The van der Waals surface area contributed by atoms with Gasteiger partial charge in [0.25, 0.3) is 0 Å². The Kier molecular flexibility index (Phi) is 7.77. The summed E-state index contributed by atoms with van der Waals surface area (Å²) in [6.07, 6.45) is 0.0269. The lowest BCUT2D eigenvalue weighted by Crippen LogP contribution is -2.38. The van der Waals surface area contributed by atoms with Gasteiger partial charge < -0.3 is 4.74 Å². The van der Waals surface area contributed by atoms with E-state index < -0.39 is 39.4 Å². The highest BCUT2D eigenvalue weighted by molar-refractivity contribution is 8.01. The highest BCUT2D eigenvalue weighted by Crippen LogP contribution is 2.43. The summed E-state index contributed by atoms with van der Waals surface area (Å²) in [4.78, 5) is 33.6. The molecular weight excluding hydrogens is 597 g/mol. The van der Waals surface area contributed by atoms with Gasteiger partial charge in [0.15, 0.2) is 0 Å². The monoisotopic (exact) mass is 624 g/mol. The Balaban J connectivity index is 1.75. The fraction of sp³-hybridized carbons (Fsp3) is 0.233. The first kappa shape index (κ1) is 30.4. The Labute approximate surface area is 251 Å². The molecule has 228 valence electrons. The topological polar surface area (TPSA) is 123 Å². The molecule has 2 aromatic heterocycles. The number of thiol groups is 1. The minimum atomic E-state index is -4.66. The number of fused-ring (bicyclic) bond motifs is 1. The third kappa shape index (κ3) is 5.53. The average Bonchev–Trinajstić information content (AvgIpc) is 3.30. The second-order valence-electron chi connectivity index (χ2n) is 10.5. The van der Waals surface area contributed by atoms with Crippen LogP contribution in [0, 0.1) is 11.3 Å². The van der Waals surface area contributed by atoms with Crippen LogP contribution in [0.5, 0.6) is 0 Å². The van der Waals surface area contributed by atoms with Gasteiger partial charge in [0, 0.05) is 22.5 Å². The first-order valence-electron chi connectivity index (χ1n) is 13.2. The van der Waals surface area contributed by atoms with Gasteiger partial charge in [-0.1, -0.05) is 28.1 Å². The molecule has 1 aliphatic heterocycles. The fourth-order valence-electron chi connectivity index (χ4n) is 5.03. The Hall–Kier alpha value is -5.03. The Morgan fingerprint density at radius 2 is 1.82 bits per heavy atom. The molecule has 5 rings (SSSR count). The molecule has 10 nitrogen and oxygen atoms in total.